The van der Waals surface area contributed by atoms with Gasteiger partial charge in [0.05, 0.1) is 11.4 Å². The maximum absolute atomic E-state index is 3.52. The van der Waals surface area contributed by atoms with E-state index in [1.807, 2.05) is 20.2 Å². The van der Waals surface area contributed by atoms with Crippen molar-refractivity contribution in [3.05, 3.63) is 57.0 Å². The molecule has 0 saturated carbocycles. The van der Waals surface area contributed by atoms with Crippen molar-refractivity contribution in [2.45, 2.75) is 6.54 Å². The molecule has 0 fully saturated rings. The zero-order valence-electron chi connectivity index (χ0n) is 11.0. The molecule has 0 aromatic heterocycles. The van der Waals surface area contributed by atoms with E-state index in [0.717, 1.165) is 21.2 Å². The van der Waals surface area contributed by atoms with Gasteiger partial charge in [-0.2, -0.15) is 0 Å². The van der Waals surface area contributed by atoms with Crippen LogP contribution in [0.15, 0.2) is 51.4 Å². The number of rotatable bonds is 4. The molecule has 0 aliphatic rings. The van der Waals surface area contributed by atoms with E-state index < -0.39 is 0 Å². The predicted molar refractivity (Wildman–Crippen MR) is 89.9 cm³/mol. The zero-order chi connectivity index (χ0) is 13.8. The fraction of sp³-hybridized carbons (Fsp3) is 0.200. The summed E-state index contributed by atoms with van der Waals surface area (Å²) in [6.45, 7) is 0.802. The summed E-state index contributed by atoms with van der Waals surface area (Å²) in [4.78, 5) is 2.11. The lowest BCUT2D eigenvalue weighted by molar-refractivity contribution is 1.10. The molecule has 0 heterocycles. The molecule has 2 nitrogen and oxygen atoms in total. The summed E-state index contributed by atoms with van der Waals surface area (Å²) in [7, 11) is 4.10. The zero-order valence-corrected chi connectivity index (χ0v) is 14.1. The second-order valence-corrected chi connectivity index (χ2v) is 6.37. The second kappa shape index (κ2) is 6.44. The van der Waals surface area contributed by atoms with Crippen molar-refractivity contribution >= 4 is 43.2 Å². The summed E-state index contributed by atoms with van der Waals surface area (Å²) in [5.41, 5.74) is 3.55. The van der Waals surface area contributed by atoms with Crippen molar-refractivity contribution in [1.29, 1.82) is 0 Å². The second-order valence-electron chi connectivity index (χ2n) is 4.54. The summed E-state index contributed by atoms with van der Waals surface area (Å²) in [5.74, 6) is 0. The van der Waals surface area contributed by atoms with Gasteiger partial charge in [-0.3, -0.25) is 0 Å². The Kier molecular flexibility index (Phi) is 4.88. The number of anilines is 2. The lowest BCUT2D eigenvalue weighted by Crippen LogP contribution is -2.12. The van der Waals surface area contributed by atoms with Gasteiger partial charge in [-0.05, 0) is 35.9 Å². The topological polar surface area (TPSA) is 15.3 Å². The minimum Gasteiger partial charge on any atom is -0.379 e. The molecule has 0 atom stereocenters. The molecule has 4 heteroatoms. The average Bonchev–Trinajstić information content (AvgIpc) is 2.36. The normalized spacial score (nSPS) is 10.3. The van der Waals surface area contributed by atoms with Gasteiger partial charge in [0.1, 0.15) is 0 Å². The minimum atomic E-state index is 0.802. The highest BCUT2D eigenvalue weighted by Crippen LogP contribution is 2.28. The summed E-state index contributed by atoms with van der Waals surface area (Å²) >= 11 is 7.01. The lowest BCUT2D eigenvalue weighted by atomic mass is 10.2. The van der Waals surface area contributed by atoms with Crippen LogP contribution in [0.2, 0.25) is 0 Å². The van der Waals surface area contributed by atoms with Gasteiger partial charge in [0, 0.05) is 29.6 Å². The molecule has 2 rings (SSSR count). The van der Waals surface area contributed by atoms with E-state index in [1.165, 1.54) is 11.3 Å². The molecule has 1 N–H and O–H groups in total. The lowest BCUT2D eigenvalue weighted by Gasteiger charge is -2.19. The largest absolute Gasteiger partial charge is 0.379 e. The monoisotopic (exact) mass is 382 g/mol. The first-order valence-electron chi connectivity index (χ1n) is 6.01. The third-order valence-electron chi connectivity index (χ3n) is 2.81. The van der Waals surface area contributed by atoms with Crippen LogP contribution < -0.4 is 10.2 Å². The van der Waals surface area contributed by atoms with E-state index in [9.17, 15) is 0 Å². The first kappa shape index (κ1) is 14.4. The Labute approximate surface area is 131 Å². The number of hydrogen-bond donors (Lipinski definition) is 1. The van der Waals surface area contributed by atoms with E-state index >= 15 is 0 Å². The summed E-state index contributed by atoms with van der Waals surface area (Å²) in [6.07, 6.45) is 0. The molecule has 0 bridgehead atoms. The van der Waals surface area contributed by atoms with E-state index in [0.29, 0.717) is 0 Å². The van der Waals surface area contributed by atoms with Gasteiger partial charge in [-0.15, -0.1) is 0 Å². The molecule has 0 spiro atoms. The molecule has 0 amide bonds. The van der Waals surface area contributed by atoms with Crippen LogP contribution in [0.25, 0.3) is 0 Å². The molecular weight excluding hydrogens is 368 g/mol. The number of nitrogens with one attached hydrogen (secondary N) is 1. The van der Waals surface area contributed by atoms with Crippen molar-refractivity contribution in [3.8, 4) is 0 Å². The fourth-order valence-corrected chi connectivity index (χ4v) is 2.69. The van der Waals surface area contributed by atoms with Gasteiger partial charge in [-0.1, -0.05) is 44.0 Å². The SMILES string of the molecule is CN(C)c1ccc(Br)cc1NCc1cccc(Br)c1. The van der Waals surface area contributed by atoms with Crippen LogP contribution in [-0.4, -0.2) is 14.1 Å². The Morgan fingerprint density at radius 1 is 1.00 bits per heavy atom. The standard InChI is InChI=1S/C15H16Br2N2/c1-19(2)15-7-6-13(17)9-14(15)18-10-11-4-3-5-12(16)8-11/h3-9,18H,10H2,1-2H3. The van der Waals surface area contributed by atoms with Gasteiger partial charge in [0.15, 0.2) is 0 Å². The predicted octanol–water partition coefficient (Wildman–Crippen LogP) is 4.89. The first-order valence-corrected chi connectivity index (χ1v) is 7.60. The molecule has 0 aliphatic carbocycles. The van der Waals surface area contributed by atoms with E-state index in [1.54, 1.807) is 0 Å². The third-order valence-corrected chi connectivity index (χ3v) is 3.80. The Bertz CT molecular complexity index is 568. The fourth-order valence-electron chi connectivity index (χ4n) is 1.88. The molecule has 0 radical (unpaired) electrons. The van der Waals surface area contributed by atoms with Gasteiger partial charge >= 0.3 is 0 Å². The average molecular weight is 384 g/mol. The first-order chi connectivity index (χ1) is 9.06. The van der Waals surface area contributed by atoms with Crippen LogP contribution in [0.3, 0.4) is 0 Å². The van der Waals surface area contributed by atoms with Crippen LogP contribution in [0.5, 0.6) is 0 Å². The molecule has 100 valence electrons. The molecule has 2 aromatic carbocycles. The van der Waals surface area contributed by atoms with E-state index in [2.05, 4.69) is 78.5 Å². The van der Waals surface area contributed by atoms with E-state index in [-0.39, 0.29) is 0 Å². The van der Waals surface area contributed by atoms with Crippen LogP contribution in [-0.2, 0) is 6.54 Å². The maximum atomic E-state index is 3.52. The molecular formula is C15H16Br2N2. The molecule has 19 heavy (non-hydrogen) atoms. The van der Waals surface area contributed by atoms with E-state index in [4.69, 9.17) is 0 Å². The van der Waals surface area contributed by atoms with Crippen molar-refractivity contribution in [1.82, 2.24) is 0 Å². The van der Waals surface area contributed by atoms with Crippen LogP contribution in [0.1, 0.15) is 5.56 Å². The summed E-state index contributed by atoms with van der Waals surface area (Å²) in [6, 6.07) is 14.6. The number of halogens is 2. The van der Waals surface area contributed by atoms with Crippen molar-refractivity contribution in [2.75, 3.05) is 24.3 Å². The Morgan fingerprint density at radius 2 is 1.74 bits per heavy atom. The smallest absolute Gasteiger partial charge is 0.0597 e. The van der Waals surface area contributed by atoms with Crippen molar-refractivity contribution in [2.24, 2.45) is 0 Å². The molecule has 2 aromatic rings. The quantitative estimate of drug-likeness (QED) is 0.808. The highest BCUT2D eigenvalue weighted by atomic mass is 79.9. The van der Waals surface area contributed by atoms with Gasteiger partial charge in [0.2, 0.25) is 0 Å². The molecule has 0 aliphatic heterocycles. The molecule has 0 unspecified atom stereocenters. The van der Waals surface area contributed by atoms with Crippen LogP contribution in [0.4, 0.5) is 11.4 Å². The van der Waals surface area contributed by atoms with Crippen LogP contribution >= 0.6 is 31.9 Å². The molecule has 0 saturated heterocycles. The number of benzene rings is 2. The maximum Gasteiger partial charge on any atom is 0.0597 e. The Morgan fingerprint density at radius 3 is 2.42 bits per heavy atom. The van der Waals surface area contributed by atoms with Gasteiger partial charge in [-0.25, -0.2) is 0 Å². The van der Waals surface area contributed by atoms with Crippen LogP contribution in [0, 0.1) is 0 Å². The van der Waals surface area contributed by atoms with Crippen molar-refractivity contribution < 1.29 is 0 Å². The number of hydrogen-bond acceptors (Lipinski definition) is 2. The highest BCUT2D eigenvalue weighted by Gasteiger charge is 2.05. The highest BCUT2D eigenvalue weighted by molar-refractivity contribution is 9.10. The number of nitrogens with zero attached hydrogens (tertiary/aromatic N) is 1. The Hall–Kier alpha value is -1.00. The Balaban J connectivity index is 2.17. The summed E-state index contributed by atoms with van der Waals surface area (Å²) < 4.78 is 2.18. The van der Waals surface area contributed by atoms with Gasteiger partial charge in [0.25, 0.3) is 0 Å². The van der Waals surface area contributed by atoms with Crippen molar-refractivity contribution in [3.63, 3.8) is 0 Å². The third kappa shape index (κ3) is 3.98. The van der Waals surface area contributed by atoms with Gasteiger partial charge < -0.3 is 10.2 Å². The summed E-state index contributed by atoms with van der Waals surface area (Å²) in [5, 5.41) is 3.49. The minimum absolute atomic E-state index is 0.802.